The van der Waals surface area contributed by atoms with Crippen LogP contribution in [0.15, 0.2) is 28.7 Å². The number of anilines is 1. The summed E-state index contributed by atoms with van der Waals surface area (Å²) in [5, 5.41) is 0. The van der Waals surface area contributed by atoms with E-state index in [4.69, 9.17) is 0 Å². The summed E-state index contributed by atoms with van der Waals surface area (Å²) in [6.45, 7) is 1.26. The van der Waals surface area contributed by atoms with E-state index in [0.29, 0.717) is 5.69 Å². The molecular formula is C10H10BrNO2. The molecule has 14 heavy (non-hydrogen) atoms. The fourth-order valence-electron chi connectivity index (χ4n) is 1.07. The number of nitrogens with zero attached hydrogens (tertiary/aromatic N) is 1. The molecule has 0 fully saturated rings. The molecule has 1 aromatic rings. The van der Waals surface area contributed by atoms with E-state index >= 15 is 0 Å². The Morgan fingerprint density at radius 1 is 1.29 bits per heavy atom. The van der Waals surface area contributed by atoms with Crippen LogP contribution in [0, 0.1) is 0 Å². The average Bonchev–Trinajstić information content (AvgIpc) is 2.16. The fraction of sp³-hybridized carbons (Fsp3) is 0.200. The van der Waals surface area contributed by atoms with Crippen LogP contribution in [0.25, 0.3) is 0 Å². The molecule has 0 bridgehead atoms. The largest absolute Gasteiger partial charge is 0.308 e. The summed E-state index contributed by atoms with van der Waals surface area (Å²) >= 11 is 3.31. The summed E-state index contributed by atoms with van der Waals surface area (Å²) in [4.78, 5) is 23.5. The van der Waals surface area contributed by atoms with Crippen molar-refractivity contribution < 1.29 is 9.59 Å². The summed E-state index contributed by atoms with van der Waals surface area (Å²) in [6, 6.07) is 7.24. The van der Waals surface area contributed by atoms with Crippen LogP contribution in [-0.2, 0) is 9.59 Å². The number of Topliss-reactive ketones (excluding diaryl/α,β-unsaturated/α-hetero) is 1. The molecule has 0 radical (unpaired) electrons. The highest BCUT2D eigenvalue weighted by Crippen LogP contribution is 2.24. The highest BCUT2D eigenvalue weighted by atomic mass is 79.9. The third kappa shape index (κ3) is 2.20. The number of hydrogen-bond acceptors (Lipinski definition) is 2. The predicted octanol–water partition coefficient (Wildman–Crippen LogP) is 2.00. The number of likely N-dealkylation sites (N-methyl/N-ethyl adjacent to an activating group) is 1. The van der Waals surface area contributed by atoms with Gasteiger partial charge in [0.15, 0.2) is 0 Å². The quantitative estimate of drug-likeness (QED) is 0.759. The van der Waals surface area contributed by atoms with Gasteiger partial charge >= 0.3 is 0 Å². The van der Waals surface area contributed by atoms with Gasteiger partial charge in [-0.3, -0.25) is 9.59 Å². The minimum atomic E-state index is -0.517. The molecule has 0 spiro atoms. The van der Waals surface area contributed by atoms with Crippen molar-refractivity contribution in [3.63, 3.8) is 0 Å². The van der Waals surface area contributed by atoms with Gasteiger partial charge < -0.3 is 4.90 Å². The molecule has 0 aliphatic carbocycles. The van der Waals surface area contributed by atoms with Gasteiger partial charge in [-0.1, -0.05) is 12.1 Å². The summed E-state index contributed by atoms with van der Waals surface area (Å²) < 4.78 is 0.789. The van der Waals surface area contributed by atoms with E-state index in [1.807, 2.05) is 18.2 Å². The van der Waals surface area contributed by atoms with Gasteiger partial charge in [0.2, 0.25) is 5.78 Å². The first-order valence-electron chi connectivity index (χ1n) is 4.07. The van der Waals surface area contributed by atoms with Crippen LogP contribution in [0.3, 0.4) is 0 Å². The lowest BCUT2D eigenvalue weighted by atomic mass is 10.3. The zero-order valence-corrected chi connectivity index (χ0v) is 9.54. The first-order valence-corrected chi connectivity index (χ1v) is 4.86. The molecule has 0 saturated heterocycles. The van der Waals surface area contributed by atoms with Crippen molar-refractivity contribution >= 4 is 33.3 Å². The van der Waals surface area contributed by atoms with Gasteiger partial charge in [-0.05, 0) is 28.1 Å². The number of ketones is 1. The maximum atomic E-state index is 11.4. The number of amides is 1. The maximum Gasteiger partial charge on any atom is 0.293 e. The van der Waals surface area contributed by atoms with E-state index in [9.17, 15) is 9.59 Å². The van der Waals surface area contributed by atoms with Crippen molar-refractivity contribution in [3.05, 3.63) is 28.7 Å². The minimum Gasteiger partial charge on any atom is -0.308 e. The highest BCUT2D eigenvalue weighted by molar-refractivity contribution is 9.10. The van der Waals surface area contributed by atoms with E-state index in [1.54, 1.807) is 13.1 Å². The summed E-state index contributed by atoms with van der Waals surface area (Å²) in [5.41, 5.74) is 0.688. The number of rotatable bonds is 2. The Hall–Kier alpha value is -1.16. The summed E-state index contributed by atoms with van der Waals surface area (Å²) in [7, 11) is 1.57. The molecule has 4 heteroatoms. The van der Waals surface area contributed by atoms with Crippen LogP contribution in [0.5, 0.6) is 0 Å². The van der Waals surface area contributed by atoms with Crippen molar-refractivity contribution in [1.82, 2.24) is 0 Å². The summed E-state index contributed by atoms with van der Waals surface area (Å²) in [6.07, 6.45) is 0. The summed E-state index contributed by atoms with van der Waals surface area (Å²) in [5.74, 6) is -0.986. The molecule has 1 rings (SSSR count). The van der Waals surface area contributed by atoms with Crippen molar-refractivity contribution in [2.24, 2.45) is 0 Å². The molecule has 0 unspecified atom stereocenters. The van der Waals surface area contributed by atoms with Crippen LogP contribution in [0.4, 0.5) is 5.69 Å². The van der Waals surface area contributed by atoms with Gasteiger partial charge in [0, 0.05) is 18.4 Å². The molecule has 1 amide bonds. The number of carbonyl (C=O) groups excluding carboxylic acids is 2. The normalized spacial score (nSPS) is 9.64. The van der Waals surface area contributed by atoms with Crippen LogP contribution < -0.4 is 4.90 Å². The van der Waals surface area contributed by atoms with Gasteiger partial charge in [0.1, 0.15) is 0 Å². The lowest BCUT2D eigenvalue weighted by molar-refractivity contribution is -0.134. The first kappa shape index (κ1) is 10.9. The number of carbonyl (C=O) groups is 2. The monoisotopic (exact) mass is 255 g/mol. The lowest BCUT2D eigenvalue weighted by Crippen LogP contribution is -2.31. The number of halogens is 1. The van der Waals surface area contributed by atoms with Crippen molar-refractivity contribution in [3.8, 4) is 0 Å². The Kier molecular flexibility index (Phi) is 3.41. The first-order chi connectivity index (χ1) is 6.54. The van der Waals surface area contributed by atoms with Crippen molar-refractivity contribution in [2.45, 2.75) is 6.92 Å². The molecule has 0 aromatic heterocycles. The second-order valence-corrected chi connectivity index (χ2v) is 3.73. The van der Waals surface area contributed by atoms with E-state index < -0.39 is 11.7 Å². The van der Waals surface area contributed by atoms with Gasteiger partial charge in [-0.25, -0.2) is 0 Å². The third-order valence-electron chi connectivity index (χ3n) is 1.82. The molecule has 0 aliphatic heterocycles. The highest BCUT2D eigenvalue weighted by Gasteiger charge is 2.16. The second kappa shape index (κ2) is 4.37. The standard InChI is InChI=1S/C10H10BrNO2/c1-7(13)10(14)12(2)9-6-4-3-5-8(9)11/h3-6H,1-2H3. The van der Waals surface area contributed by atoms with E-state index in [1.165, 1.54) is 11.8 Å². The van der Waals surface area contributed by atoms with Gasteiger partial charge in [-0.2, -0.15) is 0 Å². The van der Waals surface area contributed by atoms with Gasteiger partial charge in [0.25, 0.3) is 5.91 Å². The Labute approximate surface area is 90.8 Å². The molecule has 0 saturated carbocycles. The molecule has 0 N–H and O–H groups in total. The molecule has 0 atom stereocenters. The zero-order chi connectivity index (χ0) is 10.7. The Balaban J connectivity index is 3.01. The molecule has 0 heterocycles. The fourth-order valence-corrected chi connectivity index (χ4v) is 1.62. The Bertz CT molecular complexity index is 376. The number of hydrogen-bond donors (Lipinski definition) is 0. The van der Waals surface area contributed by atoms with Crippen LogP contribution in [0.1, 0.15) is 6.92 Å². The smallest absolute Gasteiger partial charge is 0.293 e. The topological polar surface area (TPSA) is 37.4 Å². The van der Waals surface area contributed by atoms with E-state index in [0.717, 1.165) is 4.47 Å². The molecule has 1 aromatic carbocycles. The molecule has 3 nitrogen and oxygen atoms in total. The predicted molar refractivity (Wildman–Crippen MR) is 58.2 cm³/mol. The van der Waals surface area contributed by atoms with Crippen molar-refractivity contribution in [1.29, 1.82) is 0 Å². The number of benzene rings is 1. The van der Waals surface area contributed by atoms with Crippen molar-refractivity contribution in [2.75, 3.05) is 11.9 Å². The van der Waals surface area contributed by atoms with Gasteiger partial charge in [0.05, 0.1) is 5.69 Å². The molecule has 0 aliphatic rings. The Morgan fingerprint density at radius 3 is 2.36 bits per heavy atom. The zero-order valence-electron chi connectivity index (χ0n) is 7.95. The number of para-hydroxylation sites is 1. The van der Waals surface area contributed by atoms with Crippen LogP contribution >= 0.6 is 15.9 Å². The maximum absolute atomic E-state index is 11.4. The lowest BCUT2D eigenvalue weighted by Gasteiger charge is -2.16. The van der Waals surface area contributed by atoms with Gasteiger partial charge in [-0.15, -0.1) is 0 Å². The Morgan fingerprint density at radius 2 is 1.86 bits per heavy atom. The average molecular weight is 256 g/mol. The molecular weight excluding hydrogens is 246 g/mol. The van der Waals surface area contributed by atoms with Crippen LogP contribution in [-0.4, -0.2) is 18.7 Å². The van der Waals surface area contributed by atoms with Crippen LogP contribution in [0.2, 0.25) is 0 Å². The second-order valence-electron chi connectivity index (χ2n) is 2.87. The minimum absolute atomic E-state index is 0.469. The SMILES string of the molecule is CC(=O)C(=O)N(C)c1ccccc1Br. The third-order valence-corrected chi connectivity index (χ3v) is 2.49. The molecule has 74 valence electrons. The van der Waals surface area contributed by atoms with E-state index in [-0.39, 0.29) is 0 Å². The van der Waals surface area contributed by atoms with E-state index in [2.05, 4.69) is 15.9 Å².